The van der Waals surface area contributed by atoms with Crippen LogP contribution in [0.1, 0.15) is 16.8 Å². The van der Waals surface area contributed by atoms with Gasteiger partial charge in [-0.2, -0.15) is 0 Å². The Morgan fingerprint density at radius 1 is 1.21 bits per heavy atom. The van der Waals surface area contributed by atoms with Crippen LogP contribution in [-0.4, -0.2) is 22.8 Å². The summed E-state index contributed by atoms with van der Waals surface area (Å²) in [4.78, 5) is 11.3. The third-order valence-corrected chi connectivity index (χ3v) is 4.96. The van der Waals surface area contributed by atoms with E-state index in [9.17, 15) is 9.90 Å². The minimum atomic E-state index is -0.825. The van der Waals surface area contributed by atoms with Crippen molar-refractivity contribution in [2.45, 2.75) is 19.9 Å². The van der Waals surface area contributed by atoms with Crippen molar-refractivity contribution >= 4 is 39.5 Å². The first-order chi connectivity index (χ1) is 11.5. The molecular formula is C19H18INO3. The van der Waals surface area contributed by atoms with Crippen molar-refractivity contribution in [2.75, 3.05) is 7.11 Å². The first-order valence-electron chi connectivity index (χ1n) is 7.61. The third kappa shape index (κ3) is 3.26. The van der Waals surface area contributed by atoms with E-state index >= 15 is 0 Å². The zero-order valence-corrected chi connectivity index (χ0v) is 15.7. The molecule has 0 amide bonds. The second-order valence-electron chi connectivity index (χ2n) is 5.73. The van der Waals surface area contributed by atoms with Gasteiger partial charge < -0.3 is 14.4 Å². The van der Waals surface area contributed by atoms with Crippen LogP contribution in [0.5, 0.6) is 5.75 Å². The van der Waals surface area contributed by atoms with E-state index in [1.807, 2.05) is 25.1 Å². The molecule has 0 bridgehead atoms. The highest BCUT2D eigenvalue weighted by Crippen LogP contribution is 2.30. The molecule has 1 heterocycles. The number of fused-ring (bicyclic) bond motifs is 1. The predicted octanol–water partition coefficient (Wildman–Crippen LogP) is 4.24. The fraction of sp³-hybridized carbons (Fsp3) is 0.211. The zero-order chi connectivity index (χ0) is 17.3. The van der Waals surface area contributed by atoms with E-state index < -0.39 is 5.97 Å². The van der Waals surface area contributed by atoms with Gasteiger partial charge in [0.1, 0.15) is 5.75 Å². The molecular weight excluding hydrogens is 417 g/mol. The Hall–Kier alpha value is -2.02. The van der Waals surface area contributed by atoms with Crippen LogP contribution >= 0.6 is 22.6 Å². The van der Waals surface area contributed by atoms with Crippen LogP contribution in [0.15, 0.2) is 42.5 Å². The highest BCUT2D eigenvalue weighted by Gasteiger charge is 2.17. The van der Waals surface area contributed by atoms with Gasteiger partial charge in [-0.05, 0) is 71.0 Å². The van der Waals surface area contributed by atoms with Gasteiger partial charge in [0.2, 0.25) is 0 Å². The zero-order valence-electron chi connectivity index (χ0n) is 13.5. The van der Waals surface area contributed by atoms with E-state index in [1.165, 1.54) is 9.13 Å². The molecule has 2 aromatic carbocycles. The number of aromatic nitrogens is 1. The van der Waals surface area contributed by atoms with Crippen molar-refractivity contribution in [1.29, 1.82) is 0 Å². The molecule has 0 fully saturated rings. The van der Waals surface area contributed by atoms with Crippen molar-refractivity contribution in [3.05, 3.63) is 62.9 Å². The van der Waals surface area contributed by atoms with Crippen LogP contribution in [0.4, 0.5) is 0 Å². The number of rotatable bonds is 5. The molecule has 4 nitrogen and oxygen atoms in total. The number of methoxy groups -OCH3 is 1. The summed E-state index contributed by atoms with van der Waals surface area (Å²) in [5.41, 5.74) is 4.05. The van der Waals surface area contributed by atoms with Gasteiger partial charge in [-0.15, -0.1) is 0 Å². The molecule has 124 valence electrons. The average molecular weight is 435 g/mol. The molecule has 0 saturated heterocycles. The summed E-state index contributed by atoms with van der Waals surface area (Å²) in [6.45, 7) is 2.70. The molecule has 3 rings (SSSR count). The number of carboxylic acids is 1. The summed E-state index contributed by atoms with van der Waals surface area (Å²) in [5.74, 6) is -0.0882. The lowest BCUT2D eigenvalue weighted by molar-refractivity contribution is -0.136. The number of carbonyl (C=O) groups is 1. The van der Waals surface area contributed by atoms with Crippen LogP contribution in [0, 0.1) is 10.5 Å². The number of benzene rings is 2. The number of aliphatic carboxylic acids is 1. The minimum absolute atomic E-state index is 0.00912. The summed E-state index contributed by atoms with van der Waals surface area (Å²) in [7, 11) is 1.62. The van der Waals surface area contributed by atoms with Gasteiger partial charge in [0, 0.05) is 26.7 Å². The van der Waals surface area contributed by atoms with Gasteiger partial charge in [0.05, 0.1) is 13.5 Å². The number of halogens is 1. The van der Waals surface area contributed by atoms with Crippen LogP contribution < -0.4 is 4.74 Å². The van der Waals surface area contributed by atoms with Crippen LogP contribution in [0.2, 0.25) is 0 Å². The van der Waals surface area contributed by atoms with E-state index in [-0.39, 0.29) is 6.42 Å². The molecule has 1 aromatic heterocycles. The summed E-state index contributed by atoms with van der Waals surface area (Å²) in [6, 6.07) is 14.2. The van der Waals surface area contributed by atoms with Gasteiger partial charge in [0.25, 0.3) is 0 Å². The average Bonchev–Trinajstić information content (AvgIpc) is 2.81. The van der Waals surface area contributed by atoms with E-state index in [0.29, 0.717) is 6.54 Å². The largest absolute Gasteiger partial charge is 0.497 e. The predicted molar refractivity (Wildman–Crippen MR) is 103 cm³/mol. The van der Waals surface area contributed by atoms with Gasteiger partial charge in [0.15, 0.2) is 0 Å². The van der Waals surface area contributed by atoms with Crippen LogP contribution in [-0.2, 0) is 17.8 Å². The lowest BCUT2D eigenvalue weighted by atomic mass is 10.1. The normalized spacial score (nSPS) is 11.0. The summed E-state index contributed by atoms with van der Waals surface area (Å²) < 4.78 is 8.68. The highest BCUT2D eigenvalue weighted by molar-refractivity contribution is 14.1. The van der Waals surface area contributed by atoms with E-state index in [0.717, 1.165) is 27.9 Å². The summed E-state index contributed by atoms with van der Waals surface area (Å²) in [6.07, 6.45) is 0.00912. The lowest BCUT2D eigenvalue weighted by Gasteiger charge is -2.09. The van der Waals surface area contributed by atoms with Crippen molar-refractivity contribution in [2.24, 2.45) is 0 Å². The second kappa shape index (κ2) is 6.84. The Bertz CT molecular complexity index is 897. The fourth-order valence-corrected chi connectivity index (χ4v) is 3.37. The van der Waals surface area contributed by atoms with Crippen LogP contribution in [0.3, 0.4) is 0 Å². The van der Waals surface area contributed by atoms with Gasteiger partial charge in [-0.3, -0.25) is 4.79 Å². The van der Waals surface area contributed by atoms with Crippen molar-refractivity contribution in [1.82, 2.24) is 4.57 Å². The lowest BCUT2D eigenvalue weighted by Crippen LogP contribution is -2.05. The Morgan fingerprint density at radius 3 is 2.54 bits per heavy atom. The maximum absolute atomic E-state index is 11.3. The third-order valence-electron chi connectivity index (χ3n) is 4.24. The smallest absolute Gasteiger partial charge is 0.307 e. The van der Waals surface area contributed by atoms with Gasteiger partial charge in [-0.25, -0.2) is 0 Å². The number of ether oxygens (including phenoxy) is 1. The molecule has 1 N–H and O–H groups in total. The molecule has 0 atom stereocenters. The fourth-order valence-electron chi connectivity index (χ4n) is 3.01. The Balaban J connectivity index is 2.14. The Kier molecular flexibility index (Phi) is 4.80. The second-order valence-corrected chi connectivity index (χ2v) is 6.98. The topological polar surface area (TPSA) is 51.5 Å². The molecule has 0 aliphatic heterocycles. The molecule has 0 aliphatic carbocycles. The minimum Gasteiger partial charge on any atom is -0.497 e. The quantitative estimate of drug-likeness (QED) is 0.611. The maximum atomic E-state index is 11.3. The van der Waals surface area contributed by atoms with Crippen molar-refractivity contribution in [3.8, 4) is 5.75 Å². The summed E-state index contributed by atoms with van der Waals surface area (Å²) in [5, 5.41) is 10.2. The monoisotopic (exact) mass is 435 g/mol. The van der Waals surface area contributed by atoms with Crippen LogP contribution in [0.25, 0.3) is 10.9 Å². The van der Waals surface area contributed by atoms with Gasteiger partial charge in [-0.1, -0.05) is 12.1 Å². The first-order valence-corrected chi connectivity index (χ1v) is 8.69. The molecule has 0 radical (unpaired) electrons. The van der Waals surface area contributed by atoms with E-state index in [1.54, 1.807) is 7.11 Å². The number of nitrogens with zero attached hydrogens (tertiary/aromatic N) is 1. The molecule has 3 aromatic rings. The SMILES string of the molecule is COc1ccc2c(c1)c(CC(=O)O)c(C)n2Cc1ccc(I)cc1. The van der Waals surface area contributed by atoms with Gasteiger partial charge >= 0.3 is 5.97 Å². The summed E-state index contributed by atoms with van der Waals surface area (Å²) >= 11 is 2.29. The molecule has 0 unspecified atom stereocenters. The standard InChI is InChI=1S/C19H18INO3/c1-12-16(10-19(22)23)17-9-15(24-2)7-8-18(17)21(12)11-13-3-5-14(20)6-4-13/h3-9H,10-11H2,1-2H3,(H,22,23). The number of carboxylic acid groups (broad SMARTS) is 1. The molecule has 0 aliphatic rings. The highest BCUT2D eigenvalue weighted by atomic mass is 127. The molecule has 5 heteroatoms. The van der Waals surface area contributed by atoms with Crippen molar-refractivity contribution in [3.63, 3.8) is 0 Å². The van der Waals surface area contributed by atoms with Crippen molar-refractivity contribution < 1.29 is 14.6 Å². The molecule has 24 heavy (non-hydrogen) atoms. The molecule has 0 saturated carbocycles. The van der Waals surface area contributed by atoms with E-state index in [2.05, 4.69) is 51.4 Å². The Labute approximate surface area is 154 Å². The number of hydrogen-bond acceptors (Lipinski definition) is 2. The Morgan fingerprint density at radius 2 is 1.92 bits per heavy atom. The first kappa shape index (κ1) is 16.8. The number of hydrogen-bond donors (Lipinski definition) is 1. The molecule has 0 spiro atoms. The maximum Gasteiger partial charge on any atom is 0.307 e. The van der Waals surface area contributed by atoms with E-state index in [4.69, 9.17) is 4.74 Å².